The van der Waals surface area contributed by atoms with E-state index in [1.165, 1.54) is 37.6 Å². The third-order valence-corrected chi connectivity index (χ3v) is 5.07. The molecule has 3 rings (SSSR count). The number of H-pyrrole nitrogens is 1. The number of rotatable bonds is 6. The summed E-state index contributed by atoms with van der Waals surface area (Å²) < 4.78 is 29.2. The molecule has 0 spiro atoms. The van der Waals surface area contributed by atoms with Gasteiger partial charge in [0.15, 0.2) is 0 Å². The van der Waals surface area contributed by atoms with Crippen LogP contribution in [0.15, 0.2) is 24.5 Å². The normalized spacial score (nSPS) is 16.1. The topological polar surface area (TPSA) is 123 Å². The third kappa shape index (κ3) is 4.60. The van der Waals surface area contributed by atoms with E-state index in [1.807, 2.05) is 0 Å². The SMILES string of the molecule is COC(=O)C[C@H](NC(=O)N1CCc2[nH]cnc2[C@@H]1c1ccc(OC)cc1F)C(=O)OC. The summed E-state index contributed by atoms with van der Waals surface area (Å²) in [7, 11) is 3.74. The number of carbonyl (C=O) groups is 3. The van der Waals surface area contributed by atoms with E-state index in [0.29, 0.717) is 17.9 Å². The van der Waals surface area contributed by atoms with E-state index in [-0.39, 0.29) is 12.1 Å². The molecule has 2 N–H and O–H groups in total. The lowest BCUT2D eigenvalue weighted by Crippen LogP contribution is -2.52. The number of esters is 2. The zero-order valence-corrected chi connectivity index (χ0v) is 17.3. The molecule has 2 amide bonds. The van der Waals surface area contributed by atoms with E-state index in [0.717, 1.165) is 12.8 Å². The van der Waals surface area contributed by atoms with Gasteiger partial charge in [0.1, 0.15) is 23.7 Å². The Bertz CT molecular complexity index is 978. The molecule has 1 aliphatic rings. The molecule has 10 nitrogen and oxygen atoms in total. The molecule has 0 fully saturated rings. The lowest BCUT2D eigenvalue weighted by molar-refractivity contribution is -0.149. The maximum atomic E-state index is 14.9. The Morgan fingerprint density at radius 3 is 2.71 bits per heavy atom. The maximum absolute atomic E-state index is 14.9. The van der Waals surface area contributed by atoms with Crippen LogP contribution in [-0.2, 0) is 25.5 Å². The van der Waals surface area contributed by atoms with Crippen LogP contribution in [0.5, 0.6) is 5.75 Å². The Morgan fingerprint density at radius 1 is 1.29 bits per heavy atom. The quantitative estimate of drug-likeness (QED) is 0.658. The van der Waals surface area contributed by atoms with Crippen molar-refractivity contribution in [3.63, 3.8) is 0 Å². The second kappa shape index (κ2) is 9.45. The van der Waals surface area contributed by atoms with Gasteiger partial charge in [-0.3, -0.25) is 4.79 Å². The number of nitrogens with one attached hydrogen (secondary N) is 2. The van der Waals surface area contributed by atoms with Crippen LogP contribution in [-0.4, -0.2) is 66.8 Å². The molecule has 166 valence electrons. The molecule has 0 unspecified atom stereocenters. The number of methoxy groups -OCH3 is 3. The van der Waals surface area contributed by atoms with Crippen LogP contribution in [0.3, 0.4) is 0 Å². The number of carbonyl (C=O) groups excluding carboxylic acids is 3. The number of fused-ring (bicyclic) bond motifs is 1. The summed E-state index contributed by atoms with van der Waals surface area (Å²) in [5, 5.41) is 2.49. The van der Waals surface area contributed by atoms with Gasteiger partial charge in [0.05, 0.1) is 39.8 Å². The smallest absolute Gasteiger partial charge is 0.329 e. The zero-order valence-electron chi connectivity index (χ0n) is 17.3. The summed E-state index contributed by atoms with van der Waals surface area (Å²) in [6.07, 6.45) is 1.53. The van der Waals surface area contributed by atoms with E-state index in [1.54, 1.807) is 6.07 Å². The molecule has 11 heteroatoms. The first-order valence-corrected chi connectivity index (χ1v) is 9.47. The van der Waals surface area contributed by atoms with Crippen molar-refractivity contribution in [3.8, 4) is 5.75 Å². The second-order valence-corrected chi connectivity index (χ2v) is 6.81. The number of benzene rings is 1. The Balaban J connectivity index is 1.93. The monoisotopic (exact) mass is 434 g/mol. The highest BCUT2D eigenvalue weighted by Gasteiger charge is 2.37. The van der Waals surface area contributed by atoms with Gasteiger partial charge in [-0.25, -0.2) is 19.0 Å². The number of aromatic nitrogens is 2. The van der Waals surface area contributed by atoms with Crippen LogP contribution >= 0.6 is 0 Å². The highest BCUT2D eigenvalue weighted by molar-refractivity contribution is 5.87. The summed E-state index contributed by atoms with van der Waals surface area (Å²) in [6.45, 7) is 0.225. The van der Waals surface area contributed by atoms with Crippen molar-refractivity contribution in [3.05, 3.63) is 47.3 Å². The van der Waals surface area contributed by atoms with Crippen molar-refractivity contribution in [1.82, 2.24) is 20.2 Å². The van der Waals surface area contributed by atoms with Crippen LogP contribution in [0.4, 0.5) is 9.18 Å². The van der Waals surface area contributed by atoms with Crippen molar-refractivity contribution < 1.29 is 33.0 Å². The molecule has 0 saturated carbocycles. The summed E-state index contributed by atoms with van der Waals surface area (Å²) in [5.74, 6) is -1.73. The first-order valence-electron chi connectivity index (χ1n) is 9.47. The Hall–Kier alpha value is -3.63. The number of imidazole rings is 1. The molecule has 1 aromatic carbocycles. The maximum Gasteiger partial charge on any atom is 0.329 e. The van der Waals surface area contributed by atoms with Crippen molar-refractivity contribution in [2.45, 2.75) is 24.9 Å². The van der Waals surface area contributed by atoms with Gasteiger partial charge >= 0.3 is 18.0 Å². The molecule has 1 aromatic heterocycles. The molecule has 1 aliphatic heterocycles. The van der Waals surface area contributed by atoms with Gasteiger partial charge in [-0.15, -0.1) is 0 Å². The number of nitrogens with zero attached hydrogens (tertiary/aromatic N) is 2. The largest absolute Gasteiger partial charge is 0.497 e. The van der Waals surface area contributed by atoms with Gasteiger partial charge in [-0.1, -0.05) is 0 Å². The summed E-state index contributed by atoms with van der Waals surface area (Å²) >= 11 is 0. The fraction of sp³-hybridized carbons (Fsp3) is 0.400. The Morgan fingerprint density at radius 2 is 2.06 bits per heavy atom. The van der Waals surface area contributed by atoms with Gasteiger partial charge in [0, 0.05) is 30.3 Å². The van der Waals surface area contributed by atoms with Crippen LogP contribution in [0, 0.1) is 5.82 Å². The number of halogens is 1. The summed E-state index contributed by atoms with van der Waals surface area (Å²) in [5.41, 5.74) is 1.49. The molecular formula is C20H23FN4O6. The number of amides is 2. The van der Waals surface area contributed by atoms with E-state index in [4.69, 9.17) is 4.74 Å². The Labute approximate surface area is 177 Å². The molecule has 2 heterocycles. The van der Waals surface area contributed by atoms with Gasteiger partial charge in [-0.2, -0.15) is 0 Å². The number of hydrogen-bond acceptors (Lipinski definition) is 7. The lowest BCUT2D eigenvalue weighted by atomic mass is 9.95. The van der Waals surface area contributed by atoms with Gasteiger partial charge < -0.3 is 29.4 Å². The van der Waals surface area contributed by atoms with Crippen molar-refractivity contribution in [2.24, 2.45) is 0 Å². The first kappa shape index (κ1) is 22.1. The highest BCUT2D eigenvalue weighted by atomic mass is 19.1. The van der Waals surface area contributed by atoms with Crippen molar-refractivity contribution >= 4 is 18.0 Å². The second-order valence-electron chi connectivity index (χ2n) is 6.81. The van der Waals surface area contributed by atoms with E-state index in [9.17, 15) is 18.8 Å². The van der Waals surface area contributed by atoms with Crippen LogP contribution in [0.2, 0.25) is 0 Å². The molecule has 2 atom stereocenters. The van der Waals surface area contributed by atoms with E-state index < -0.39 is 42.3 Å². The molecule has 0 saturated heterocycles. The molecule has 31 heavy (non-hydrogen) atoms. The fourth-order valence-electron chi connectivity index (χ4n) is 3.48. The number of ether oxygens (including phenoxy) is 3. The fourth-order valence-corrected chi connectivity index (χ4v) is 3.48. The average Bonchev–Trinajstić information content (AvgIpc) is 3.26. The molecule has 0 aliphatic carbocycles. The minimum atomic E-state index is -1.26. The van der Waals surface area contributed by atoms with Gasteiger partial charge in [0.2, 0.25) is 0 Å². The molecule has 0 radical (unpaired) electrons. The standard InChI is InChI=1S/C20H23FN4O6/c1-29-11-4-5-12(13(21)8-11)18-17-14(22-10-23-17)6-7-25(18)20(28)24-15(19(27)31-3)9-16(26)30-2/h4-5,8,10,15,18H,6-7,9H2,1-3H3,(H,22,23)(H,24,28)/t15-,18-/m0/s1. The third-order valence-electron chi connectivity index (χ3n) is 5.07. The number of aromatic amines is 1. The highest BCUT2D eigenvalue weighted by Crippen LogP contribution is 2.35. The minimum absolute atomic E-state index is 0.214. The zero-order chi connectivity index (χ0) is 22.5. The van der Waals surface area contributed by atoms with Gasteiger partial charge in [-0.05, 0) is 12.1 Å². The summed E-state index contributed by atoms with van der Waals surface area (Å²) in [6, 6.07) is 1.55. The molecule has 2 aromatic rings. The first-order chi connectivity index (χ1) is 14.9. The Kier molecular flexibility index (Phi) is 6.73. The number of hydrogen-bond donors (Lipinski definition) is 2. The predicted molar refractivity (Wildman–Crippen MR) is 105 cm³/mol. The van der Waals surface area contributed by atoms with Crippen molar-refractivity contribution in [2.75, 3.05) is 27.9 Å². The van der Waals surface area contributed by atoms with Crippen molar-refractivity contribution in [1.29, 1.82) is 0 Å². The van der Waals surface area contributed by atoms with E-state index >= 15 is 0 Å². The molecular weight excluding hydrogens is 411 g/mol. The summed E-state index contributed by atoms with van der Waals surface area (Å²) in [4.78, 5) is 45.5. The molecule has 0 bridgehead atoms. The number of urea groups is 1. The van der Waals surface area contributed by atoms with Gasteiger partial charge in [0.25, 0.3) is 0 Å². The predicted octanol–water partition coefficient (Wildman–Crippen LogP) is 1.32. The lowest BCUT2D eigenvalue weighted by Gasteiger charge is -2.36. The minimum Gasteiger partial charge on any atom is -0.497 e. The van der Waals surface area contributed by atoms with E-state index in [2.05, 4.69) is 24.8 Å². The average molecular weight is 434 g/mol. The van der Waals surface area contributed by atoms with Crippen LogP contribution in [0.25, 0.3) is 0 Å². The van der Waals surface area contributed by atoms with Crippen LogP contribution in [0.1, 0.15) is 29.4 Å². The van der Waals surface area contributed by atoms with Crippen LogP contribution < -0.4 is 10.1 Å².